The number of benzene rings is 2. The molecule has 1 aliphatic heterocycles. The number of nitrogens with zero attached hydrogens (tertiary/aromatic N) is 1. The summed E-state index contributed by atoms with van der Waals surface area (Å²) in [6, 6.07) is 12.9. The molecule has 6 heteroatoms. The summed E-state index contributed by atoms with van der Waals surface area (Å²) in [5, 5.41) is 11.3. The summed E-state index contributed by atoms with van der Waals surface area (Å²) in [6.07, 6.45) is 1.05. The predicted octanol–water partition coefficient (Wildman–Crippen LogP) is 4.04. The van der Waals surface area contributed by atoms with Gasteiger partial charge in [-0.25, -0.2) is 4.39 Å². The third kappa shape index (κ3) is 3.06. The molecule has 1 aromatic heterocycles. The lowest BCUT2D eigenvalue weighted by molar-refractivity contribution is -0.136. The lowest BCUT2D eigenvalue weighted by Crippen LogP contribution is -2.41. The summed E-state index contributed by atoms with van der Waals surface area (Å²) in [6.45, 7) is 3.37. The van der Waals surface area contributed by atoms with E-state index >= 15 is 0 Å². The van der Waals surface area contributed by atoms with Gasteiger partial charge in [0, 0.05) is 11.1 Å². The first-order valence-electron chi connectivity index (χ1n) is 9.28. The zero-order valence-electron chi connectivity index (χ0n) is 16.1. The lowest BCUT2D eigenvalue weighted by atomic mass is 9.87. The van der Waals surface area contributed by atoms with Crippen LogP contribution in [0.15, 0.2) is 59.2 Å². The van der Waals surface area contributed by atoms with Gasteiger partial charge in [0.05, 0.1) is 30.5 Å². The van der Waals surface area contributed by atoms with Crippen molar-refractivity contribution < 1.29 is 23.5 Å². The maximum Gasteiger partial charge on any atom is 0.264 e. The first-order valence-corrected chi connectivity index (χ1v) is 9.28. The number of ketones is 1. The number of hydrogen-bond acceptors (Lipinski definition) is 4. The van der Waals surface area contributed by atoms with Gasteiger partial charge in [-0.3, -0.25) is 9.59 Å². The quantitative estimate of drug-likeness (QED) is 0.664. The van der Waals surface area contributed by atoms with E-state index in [9.17, 15) is 19.1 Å². The number of hydrogen-bond donors (Lipinski definition) is 1. The Morgan fingerprint density at radius 3 is 2.52 bits per heavy atom. The molecule has 0 radical (unpaired) electrons. The minimum atomic E-state index is -2.02. The van der Waals surface area contributed by atoms with E-state index < -0.39 is 23.7 Å². The highest BCUT2D eigenvalue weighted by Crippen LogP contribution is 2.44. The number of rotatable bonds is 5. The number of furan rings is 1. The maximum atomic E-state index is 14.2. The highest BCUT2D eigenvalue weighted by atomic mass is 19.1. The Morgan fingerprint density at radius 2 is 1.83 bits per heavy atom. The van der Waals surface area contributed by atoms with Crippen molar-refractivity contribution in [2.45, 2.75) is 32.4 Å². The van der Waals surface area contributed by atoms with Crippen molar-refractivity contribution in [1.82, 2.24) is 0 Å². The van der Waals surface area contributed by atoms with E-state index in [4.69, 9.17) is 4.42 Å². The second-order valence-corrected chi connectivity index (χ2v) is 7.31. The van der Waals surface area contributed by atoms with E-state index in [-0.39, 0.29) is 12.3 Å². The SMILES string of the molecule is Cc1coc(C)c1C(=O)CC1(O)C(=O)N(Cc2ccccc2F)c2ccccc21. The number of amides is 1. The normalized spacial score (nSPS) is 18.2. The van der Waals surface area contributed by atoms with Crippen molar-refractivity contribution in [3.05, 3.63) is 88.6 Å². The molecule has 148 valence electrons. The summed E-state index contributed by atoms with van der Waals surface area (Å²) >= 11 is 0. The third-order valence-corrected chi connectivity index (χ3v) is 5.38. The van der Waals surface area contributed by atoms with Gasteiger partial charge in [0.2, 0.25) is 0 Å². The van der Waals surface area contributed by atoms with Crippen molar-refractivity contribution in [2.75, 3.05) is 4.90 Å². The average Bonchev–Trinajstić information content (AvgIpc) is 3.13. The Bertz CT molecular complexity index is 1100. The topological polar surface area (TPSA) is 70.7 Å². The average molecular weight is 393 g/mol. The van der Waals surface area contributed by atoms with E-state index in [1.807, 2.05) is 0 Å². The van der Waals surface area contributed by atoms with Crippen molar-refractivity contribution >= 4 is 17.4 Å². The van der Waals surface area contributed by atoms with E-state index in [2.05, 4.69) is 0 Å². The molecule has 0 saturated carbocycles. The molecule has 1 unspecified atom stereocenters. The lowest BCUT2D eigenvalue weighted by Gasteiger charge is -2.23. The number of fused-ring (bicyclic) bond motifs is 1. The van der Waals surface area contributed by atoms with Crippen molar-refractivity contribution in [1.29, 1.82) is 0 Å². The molecule has 2 aromatic carbocycles. The highest BCUT2D eigenvalue weighted by molar-refractivity contribution is 6.11. The van der Waals surface area contributed by atoms with Crippen LogP contribution in [0.3, 0.4) is 0 Å². The monoisotopic (exact) mass is 393 g/mol. The minimum Gasteiger partial charge on any atom is -0.469 e. The molecule has 3 aromatic rings. The van der Waals surface area contributed by atoms with Crippen LogP contribution in [0.4, 0.5) is 10.1 Å². The molecular weight excluding hydrogens is 373 g/mol. The van der Waals surface area contributed by atoms with Gasteiger partial charge in [0.1, 0.15) is 11.6 Å². The van der Waals surface area contributed by atoms with Gasteiger partial charge in [-0.05, 0) is 31.5 Å². The fraction of sp³-hybridized carbons (Fsp3) is 0.217. The first-order chi connectivity index (χ1) is 13.8. The second-order valence-electron chi connectivity index (χ2n) is 7.31. The molecule has 0 bridgehead atoms. The minimum absolute atomic E-state index is 0.0389. The molecule has 1 N–H and O–H groups in total. The highest BCUT2D eigenvalue weighted by Gasteiger charge is 2.51. The molecule has 1 amide bonds. The van der Waals surface area contributed by atoms with Gasteiger partial charge in [-0.2, -0.15) is 0 Å². The number of aryl methyl sites for hydroxylation is 2. The fourth-order valence-corrected chi connectivity index (χ4v) is 3.94. The fourth-order valence-electron chi connectivity index (χ4n) is 3.94. The molecule has 0 fully saturated rings. The van der Waals surface area contributed by atoms with Crippen LogP contribution in [0.1, 0.15) is 39.2 Å². The number of carbonyl (C=O) groups is 2. The van der Waals surface area contributed by atoms with Gasteiger partial charge in [-0.1, -0.05) is 36.4 Å². The molecule has 1 atom stereocenters. The predicted molar refractivity (Wildman–Crippen MR) is 105 cm³/mol. The molecule has 0 saturated heterocycles. The number of aliphatic hydroxyl groups is 1. The van der Waals surface area contributed by atoms with Crippen LogP contribution < -0.4 is 4.90 Å². The van der Waals surface area contributed by atoms with Gasteiger partial charge in [-0.15, -0.1) is 0 Å². The number of carbonyl (C=O) groups excluding carboxylic acids is 2. The number of para-hydroxylation sites is 1. The number of Topliss-reactive ketones (excluding diaryl/α,β-unsaturated/α-hetero) is 1. The smallest absolute Gasteiger partial charge is 0.264 e. The molecule has 4 rings (SSSR count). The molecule has 0 spiro atoms. The van der Waals surface area contributed by atoms with Gasteiger partial charge in [0.15, 0.2) is 11.4 Å². The molecule has 2 heterocycles. The van der Waals surface area contributed by atoms with Crippen molar-refractivity contribution in [3.63, 3.8) is 0 Å². The zero-order valence-corrected chi connectivity index (χ0v) is 16.1. The van der Waals surface area contributed by atoms with E-state index in [1.54, 1.807) is 56.3 Å². The maximum absolute atomic E-state index is 14.2. The Hall–Kier alpha value is -3.25. The van der Waals surface area contributed by atoms with Crippen LogP contribution in [0, 0.1) is 19.7 Å². The summed E-state index contributed by atoms with van der Waals surface area (Å²) in [7, 11) is 0. The van der Waals surface area contributed by atoms with Crippen LogP contribution in [-0.2, 0) is 16.9 Å². The van der Waals surface area contributed by atoms with Crippen LogP contribution in [-0.4, -0.2) is 16.8 Å². The Kier molecular flexibility index (Phi) is 4.59. The molecule has 0 aliphatic carbocycles. The zero-order chi connectivity index (χ0) is 20.8. The molecule has 29 heavy (non-hydrogen) atoms. The number of anilines is 1. The first kappa shape index (κ1) is 19.1. The van der Waals surface area contributed by atoms with Gasteiger partial charge in [0.25, 0.3) is 5.91 Å². The van der Waals surface area contributed by atoms with Crippen LogP contribution in [0.2, 0.25) is 0 Å². The second kappa shape index (κ2) is 6.97. The van der Waals surface area contributed by atoms with E-state index in [0.717, 1.165) is 0 Å². The van der Waals surface area contributed by atoms with Crippen molar-refractivity contribution in [2.24, 2.45) is 0 Å². The summed E-state index contributed by atoms with van der Waals surface area (Å²) in [4.78, 5) is 27.5. The number of halogens is 1. The van der Waals surface area contributed by atoms with Crippen molar-refractivity contribution in [3.8, 4) is 0 Å². The largest absolute Gasteiger partial charge is 0.469 e. The van der Waals surface area contributed by atoms with Crippen LogP contribution in [0.5, 0.6) is 0 Å². The van der Waals surface area contributed by atoms with E-state index in [0.29, 0.717) is 33.7 Å². The van der Waals surface area contributed by atoms with E-state index in [1.165, 1.54) is 17.2 Å². The molecular formula is C23H20FNO4. The van der Waals surface area contributed by atoms with Crippen LogP contribution in [0.25, 0.3) is 0 Å². The molecule has 1 aliphatic rings. The Labute approximate surface area is 167 Å². The summed E-state index contributed by atoms with van der Waals surface area (Å²) < 4.78 is 19.4. The van der Waals surface area contributed by atoms with Gasteiger partial charge >= 0.3 is 0 Å². The standard InChI is InChI=1S/C23H20FNO4/c1-14-13-29-15(2)21(14)20(26)11-23(28)17-8-4-6-10-19(17)25(22(23)27)12-16-7-3-5-9-18(16)24/h3-10,13,28H,11-12H2,1-2H3. The Balaban J connectivity index is 1.72. The Morgan fingerprint density at radius 1 is 1.14 bits per heavy atom. The third-order valence-electron chi connectivity index (χ3n) is 5.38. The summed E-state index contributed by atoms with van der Waals surface area (Å²) in [5.41, 5.74) is 0.141. The van der Waals surface area contributed by atoms with Crippen LogP contribution >= 0.6 is 0 Å². The summed E-state index contributed by atoms with van der Waals surface area (Å²) in [5.74, 6) is -1.02. The molecule has 5 nitrogen and oxygen atoms in total. The van der Waals surface area contributed by atoms with Gasteiger partial charge < -0.3 is 14.4 Å².